The Morgan fingerprint density at radius 3 is 2.25 bits per heavy atom. The average Bonchev–Trinajstić information content (AvgIpc) is 1.61. The lowest BCUT2D eigenvalue weighted by Gasteiger charge is -2.01. The van der Waals surface area contributed by atoms with E-state index in [0.717, 1.165) is 0 Å². The van der Waals surface area contributed by atoms with Crippen LogP contribution < -0.4 is 5.73 Å². The molecule has 0 rings (SSSR count). The lowest BCUT2D eigenvalue weighted by molar-refractivity contribution is 0.564. The average molecular weight is 130 g/mol. The van der Waals surface area contributed by atoms with Crippen LogP contribution in [0.3, 0.4) is 0 Å². The first-order chi connectivity index (χ1) is 3.63. The van der Waals surface area contributed by atoms with E-state index in [1.165, 1.54) is 0 Å². The first kappa shape index (κ1) is 7.43. The summed E-state index contributed by atoms with van der Waals surface area (Å²) in [6, 6.07) is 0. The molecule has 3 heteroatoms. The molecule has 0 fully saturated rings. The van der Waals surface area contributed by atoms with Gasteiger partial charge in [0.05, 0.1) is 4.99 Å². The van der Waals surface area contributed by atoms with Gasteiger partial charge in [0.25, 0.3) is 0 Å². The molecule has 0 saturated carbocycles. The SMILES string of the molecule is CN(C)C=CC(N)=S. The van der Waals surface area contributed by atoms with Crippen molar-refractivity contribution in [1.82, 2.24) is 4.90 Å². The fourth-order valence-corrected chi connectivity index (χ4v) is 0.283. The number of thiocarbonyl (C=S) groups is 1. The zero-order valence-electron chi connectivity index (χ0n) is 5.09. The van der Waals surface area contributed by atoms with Gasteiger partial charge in [0.2, 0.25) is 0 Å². The van der Waals surface area contributed by atoms with E-state index in [2.05, 4.69) is 12.2 Å². The molecule has 0 unspecified atom stereocenters. The molecule has 2 N–H and O–H groups in total. The summed E-state index contributed by atoms with van der Waals surface area (Å²) < 4.78 is 0. The number of hydrogen-bond acceptors (Lipinski definition) is 2. The van der Waals surface area contributed by atoms with E-state index < -0.39 is 0 Å². The highest BCUT2D eigenvalue weighted by atomic mass is 32.1. The first-order valence-corrected chi connectivity index (χ1v) is 2.68. The Kier molecular flexibility index (Phi) is 3.19. The summed E-state index contributed by atoms with van der Waals surface area (Å²) in [5.41, 5.74) is 5.16. The van der Waals surface area contributed by atoms with Crippen molar-refractivity contribution < 1.29 is 0 Å². The minimum absolute atomic E-state index is 0.415. The molecule has 2 nitrogen and oxygen atoms in total. The fraction of sp³-hybridized carbons (Fsp3) is 0.400. The standard InChI is InChI=1S/C5H10N2S/c1-7(2)4-3-5(6)8/h3-4H,1-2H3,(H2,6,8). The largest absolute Gasteiger partial charge is 0.390 e. The van der Waals surface area contributed by atoms with Crippen molar-refractivity contribution in [2.75, 3.05) is 14.1 Å². The van der Waals surface area contributed by atoms with Crippen LogP contribution in [-0.2, 0) is 0 Å². The third-order valence-corrected chi connectivity index (χ3v) is 0.673. The van der Waals surface area contributed by atoms with Crippen molar-refractivity contribution in [2.45, 2.75) is 0 Å². The molecule has 0 radical (unpaired) electrons. The molecule has 8 heavy (non-hydrogen) atoms. The summed E-state index contributed by atoms with van der Waals surface area (Å²) in [5.74, 6) is 0. The second kappa shape index (κ2) is 3.43. The van der Waals surface area contributed by atoms with E-state index in [4.69, 9.17) is 5.73 Å². The highest BCUT2D eigenvalue weighted by Gasteiger charge is 1.76. The second-order valence-electron chi connectivity index (χ2n) is 1.68. The molecule has 0 aromatic rings. The van der Waals surface area contributed by atoms with E-state index in [1.54, 1.807) is 6.08 Å². The molecule has 0 bridgehead atoms. The zero-order valence-corrected chi connectivity index (χ0v) is 5.90. The molecule has 0 aromatic heterocycles. The van der Waals surface area contributed by atoms with Crippen molar-refractivity contribution >= 4 is 17.2 Å². The van der Waals surface area contributed by atoms with Crippen LogP contribution in [-0.4, -0.2) is 24.0 Å². The predicted molar refractivity (Wildman–Crippen MR) is 39.6 cm³/mol. The van der Waals surface area contributed by atoms with Crippen LogP contribution in [0.5, 0.6) is 0 Å². The van der Waals surface area contributed by atoms with E-state index in [9.17, 15) is 0 Å². The van der Waals surface area contributed by atoms with Gasteiger partial charge >= 0.3 is 0 Å². The first-order valence-electron chi connectivity index (χ1n) is 2.27. The quantitative estimate of drug-likeness (QED) is 0.432. The van der Waals surface area contributed by atoms with Crippen LogP contribution in [0.1, 0.15) is 0 Å². The van der Waals surface area contributed by atoms with Crippen LogP contribution >= 0.6 is 12.2 Å². The van der Waals surface area contributed by atoms with Gasteiger partial charge in [0, 0.05) is 20.3 Å². The molecule has 0 aliphatic heterocycles. The monoisotopic (exact) mass is 130 g/mol. The molecule has 0 heterocycles. The third kappa shape index (κ3) is 5.43. The van der Waals surface area contributed by atoms with Crippen molar-refractivity contribution in [3.8, 4) is 0 Å². The van der Waals surface area contributed by atoms with Crippen LogP contribution in [0.15, 0.2) is 12.3 Å². The van der Waals surface area contributed by atoms with Gasteiger partial charge in [-0.3, -0.25) is 0 Å². The lowest BCUT2D eigenvalue weighted by atomic mass is 10.6. The summed E-state index contributed by atoms with van der Waals surface area (Å²) in [6.07, 6.45) is 3.48. The molecule has 0 amide bonds. The second-order valence-corrected chi connectivity index (χ2v) is 2.15. The van der Waals surface area contributed by atoms with Crippen molar-refractivity contribution in [2.24, 2.45) is 5.73 Å². The van der Waals surface area contributed by atoms with E-state index in [1.807, 2.05) is 25.2 Å². The van der Waals surface area contributed by atoms with Gasteiger partial charge in [-0.05, 0) is 6.08 Å². The predicted octanol–water partition coefficient (Wildman–Crippen LogP) is 0.348. The normalized spacial score (nSPS) is 9.75. The molecular weight excluding hydrogens is 120 g/mol. The Hall–Kier alpha value is -0.570. The maximum atomic E-state index is 5.16. The van der Waals surface area contributed by atoms with Gasteiger partial charge in [-0.1, -0.05) is 12.2 Å². The summed E-state index contributed by atoms with van der Waals surface area (Å²) >= 11 is 4.58. The minimum atomic E-state index is 0.415. The van der Waals surface area contributed by atoms with Crippen LogP contribution in [0.2, 0.25) is 0 Å². The number of rotatable bonds is 2. The van der Waals surface area contributed by atoms with Gasteiger partial charge in [-0.25, -0.2) is 0 Å². The zero-order chi connectivity index (χ0) is 6.57. The maximum Gasteiger partial charge on any atom is 0.0976 e. The molecule has 0 spiro atoms. The summed E-state index contributed by atoms with van der Waals surface area (Å²) in [5, 5.41) is 0. The summed E-state index contributed by atoms with van der Waals surface area (Å²) in [7, 11) is 3.82. The molecule has 0 saturated heterocycles. The summed E-state index contributed by atoms with van der Waals surface area (Å²) in [6.45, 7) is 0. The molecule has 0 aromatic carbocycles. The third-order valence-electron chi connectivity index (χ3n) is 0.537. The number of nitrogens with zero attached hydrogens (tertiary/aromatic N) is 1. The van der Waals surface area contributed by atoms with Crippen molar-refractivity contribution in [3.05, 3.63) is 12.3 Å². The fourth-order valence-electron chi connectivity index (χ4n) is 0.223. The van der Waals surface area contributed by atoms with Crippen LogP contribution in [0.4, 0.5) is 0 Å². The van der Waals surface area contributed by atoms with Gasteiger partial charge in [-0.2, -0.15) is 0 Å². The molecule has 0 atom stereocenters. The highest BCUT2D eigenvalue weighted by Crippen LogP contribution is 1.76. The smallest absolute Gasteiger partial charge is 0.0976 e. The Morgan fingerprint density at radius 1 is 1.62 bits per heavy atom. The Morgan fingerprint density at radius 2 is 2.12 bits per heavy atom. The van der Waals surface area contributed by atoms with Gasteiger partial charge in [0.15, 0.2) is 0 Å². The van der Waals surface area contributed by atoms with Crippen molar-refractivity contribution in [3.63, 3.8) is 0 Å². The lowest BCUT2D eigenvalue weighted by Crippen LogP contribution is -2.07. The van der Waals surface area contributed by atoms with Gasteiger partial charge in [-0.15, -0.1) is 0 Å². The van der Waals surface area contributed by atoms with Crippen LogP contribution in [0.25, 0.3) is 0 Å². The molecule has 0 aliphatic carbocycles. The maximum absolute atomic E-state index is 5.16. The number of nitrogens with two attached hydrogens (primary N) is 1. The van der Waals surface area contributed by atoms with Gasteiger partial charge in [0.1, 0.15) is 0 Å². The van der Waals surface area contributed by atoms with E-state index in [0.29, 0.717) is 4.99 Å². The van der Waals surface area contributed by atoms with Crippen LogP contribution in [0, 0.1) is 0 Å². The molecule has 0 aliphatic rings. The Balaban J connectivity index is 3.50. The Bertz CT molecular complexity index is 107. The topological polar surface area (TPSA) is 29.3 Å². The molecular formula is C5H10N2S. The molecule has 46 valence electrons. The van der Waals surface area contributed by atoms with E-state index in [-0.39, 0.29) is 0 Å². The Labute approximate surface area is 55.0 Å². The van der Waals surface area contributed by atoms with E-state index >= 15 is 0 Å². The summed E-state index contributed by atoms with van der Waals surface area (Å²) in [4.78, 5) is 2.29. The van der Waals surface area contributed by atoms with Crippen molar-refractivity contribution in [1.29, 1.82) is 0 Å². The minimum Gasteiger partial charge on any atom is -0.390 e. The highest BCUT2D eigenvalue weighted by molar-refractivity contribution is 7.80. The number of hydrogen-bond donors (Lipinski definition) is 1. The van der Waals surface area contributed by atoms with Gasteiger partial charge < -0.3 is 10.6 Å².